The molecule has 1 N–H and O–H groups in total. The molecule has 0 aliphatic carbocycles. The fraction of sp³-hybridized carbons (Fsp3) is 0.167. The molecule has 5 heteroatoms. The van der Waals surface area contributed by atoms with Crippen LogP contribution in [0.15, 0.2) is 72.8 Å². The molecule has 0 saturated heterocycles. The number of hydrogen-bond acceptors (Lipinski definition) is 2. The average Bonchev–Trinajstić information content (AvgIpc) is 3.07. The van der Waals surface area contributed by atoms with Gasteiger partial charge in [-0.1, -0.05) is 42.5 Å². The van der Waals surface area contributed by atoms with Crippen molar-refractivity contribution in [3.8, 4) is 0 Å². The summed E-state index contributed by atoms with van der Waals surface area (Å²) >= 11 is 0. The van der Waals surface area contributed by atoms with Crippen LogP contribution in [0.1, 0.15) is 38.8 Å². The Morgan fingerprint density at radius 3 is 2.52 bits per heavy atom. The standard InChI is InChI=1S/C24H21FN2O2/c1-16-13-19-12-11-17(15-26-23(28)20-9-5-6-10-21(20)25)14-22(19)27(16)24(29)18-7-3-2-4-8-18/h2-12,14,16H,13,15H2,1H3,(H,26,28)/t16-/m0/s1. The fourth-order valence-electron chi connectivity index (χ4n) is 3.72. The second-order valence-electron chi connectivity index (χ2n) is 7.22. The summed E-state index contributed by atoms with van der Waals surface area (Å²) in [5.74, 6) is -1.05. The fourth-order valence-corrected chi connectivity index (χ4v) is 3.72. The van der Waals surface area contributed by atoms with E-state index < -0.39 is 11.7 Å². The summed E-state index contributed by atoms with van der Waals surface area (Å²) in [6.07, 6.45) is 0.787. The van der Waals surface area contributed by atoms with Crippen LogP contribution in [0.25, 0.3) is 0 Å². The lowest BCUT2D eigenvalue weighted by atomic mass is 10.1. The lowest BCUT2D eigenvalue weighted by Crippen LogP contribution is -2.35. The van der Waals surface area contributed by atoms with Gasteiger partial charge in [-0.3, -0.25) is 9.59 Å². The first-order valence-electron chi connectivity index (χ1n) is 9.57. The summed E-state index contributed by atoms with van der Waals surface area (Å²) < 4.78 is 13.8. The van der Waals surface area contributed by atoms with Crippen molar-refractivity contribution in [2.75, 3.05) is 4.90 Å². The zero-order valence-corrected chi connectivity index (χ0v) is 16.1. The molecule has 0 saturated carbocycles. The maximum absolute atomic E-state index is 13.8. The van der Waals surface area contributed by atoms with E-state index in [0.29, 0.717) is 5.56 Å². The maximum atomic E-state index is 13.8. The molecule has 0 aromatic heterocycles. The summed E-state index contributed by atoms with van der Waals surface area (Å²) in [4.78, 5) is 27.1. The van der Waals surface area contributed by atoms with Crippen LogP contribution in [0, 0.1) is 5.82 Å². The molecule has 29 heavy (non-hydrogen) atoms. The van der Waals surface area contributed by atoms with Crippen molar-refractivity contribution >= 4 is 17.5 Å². The summed E-state index contributed by atoms with van der Waals surface area (Å²) in [6, 6.07) is 21.0. The van der Waals surface area contributed by atoms with Gasteiger partial charge in [-0.15, -0.1) is 0 Å². The molecule has 3 aromatic carbocycles. The molecular formula is C24H21FN2O2. The number of anilines is 1. The summed E-state index contributed by atoms with van der Waals surface area (Å²) in [5.41, 5.74) is 3.48. The SMILES string of the molecule is C[C@H]1Cc2ccc(CNC(=O)c3ccccc3F)cc2N1C(=O)c1ccccc1. The number of nitrogens with one attached hydrogen (secondary N) is 1. The first-order valence-corrected chi connectivity index (χ1v) is 9.57. The Kier molecular flexibility index (Phi) is 5.12. The maximum Gasteiger partial charge on any atom is 0.258 e. The minimum Gasteiger partial charge on any atom is -0.348 e. The zero-order chi connectivity index (χ0) is 20.4. The third-order valence-corrected chi connectivity index (χ3v) is 5.18. The van der Waals surface area contributed by atoms with Gasteiger partial charge in [0.1, 0.15) is 5.82 Å². The van der Waals surface area contributed by atoms with E-state index in [4.69, 9.17) is 0 Å². The third kappa shape index (κ3) is 3.76. The van der Waals surface area contributed by atoms with Crippen molar-refractivity contribution in [1.29, 1.82) is 0 Å². The molecule has 1 atom stereocenters. The van der Waals surface area contributed by atoms with Crippen LogP contribution < -0.4 is 10.2 Å². The van der Waals surface area contributed by atoms with Crippen LogP contribution in [0.5, 0.6) is 0 Å². The van der Waals surface area contributed by atoms with Crippen molar-refractivity contribution in [1.82, 2.24) is 5.32 Å². The van der Waals surface area contributed by atoms with E-state index in [0.717, 1.165) is 23.2 Å². The summed E-state index contributed by atoms with van der Waals surface area (Å²) in [6.45, 7) is 2.28. The number of hydrogen-bond donors (Lipinski definition) is 1. The number of nitrogens with zero attached hydrogens (tertiary/aromatic N) is 1. The van der Waals surface area contributed by atoms with Crippen molar-refractivity contribution in [3.63, 3.8) is 0 Å². The Hall–Kier alpha value is -3.47. The van der Waals surface area contributed by atoms with Gasteiger partial charge in [0, 0.05) is 23.8 Å². The van der Waals surface area contributed by atoms with Gasteiger partial charge in [0.05, 0.1) is 5.56 Å². The Balaban J connectivity index is 1.54. The largest absolute Gasteiger partial charge is 0.348 e. The van der Waals surface area contributed by atoms with Crippen LogP contribution in [-0.2, 0) is 13.0 Å². The molecule has 0 radical (unpaired) electrons. The van der Waals surface area contributed by atoms with E-state index >= 15 is 0 Å². The lowest BCUT2D eigenvalue weighted by molar-refractivity contribution is 0.0944. The first-order chi connectivity index (χ1) is 14.0. The molecule has 1 aliphatic rings. The Morgan fingerprint density at radius 1 is 1.03 bits per heavy atom. The predicted octanol–water partition coefficient (Wildman–Crippen LogP) is 4.35. The van der Waals surface area contributed by atoms with Gasteiger partial charge in [0.25, 0.3) is 11.8 Å². The van der Waals surface area contributed by atoms with E-state index in [9.17, 15) is 14.0 Å². The first kappa shape index (κ1) is 18.9. The molecule has 1 aliphatic heterocycles. The highest BCUT2D eigenvalue weighted by molar-refractivity contribution is 6.07. The number of halogens is 1. The van der Waals surface area contributed by atoms with Gasteiger partial charge in [-0.2, -0.15) is 0 Å². The molecule has 3 aromatic rings. The number of amides is 2. The van der Waals surface area contributed by atoms with E-state index in [1.165, 1.54) is 12.1 Å². The zero-order valence-electron chi connectivity index (χ0n) is 16.1. The summed E-state index contributed by atoms with van der Waals surface area (Å²) in [5, 5.41) is 2.75. The highest BCUT2D eigenvalue weighted by Gasteiger charge is 2.31. The minimum absolute atomic E-state index is 0.0168. The Bertz CT molecular complexity index is 1070. The van der Waals surface area contributed by atoms with E-state index in [1.54, 1.807) is 12.1 Å². The molecule has 2 amide bonds. The Morgan fingerprint density at radius 2 is 1.76 bits per heavy atom. The van der Waals surface area contributed by atoms with Crippen LogP contribution in [0.2, 0.25) is 0 Å². The Labute approximate surface area is 169 Å². The quantitative estimate of drug-likeness (QED) is 0.723. The molecule has 4 rings (SSSR count). The highest BCUT2D eigenvalue weighted by atomic mass is 19.1. The van der Waals surface area contributed by atoms with Crippen molar-refractivity contribution in [2.45, 2.75) is 25.9 Å². The molecule has 4 nitrogen and oxygen atoms in total. The predicted molar refractivity (Wildman–Crippen MR) is 110 cm³/mol. The number of carbonyl (C=O) groups excluding carboxylic acids is 2. The van der Waals surface area contributed by atoms with Gasteiger partial charge in [0.2, 0.25) is 0 Å². The highest BCUT2D eigenvalue weighted by Crippen LogP contribution is 2.34. The van der Waals surface area contributed by atoms with Crippen LogP contribution in [0.3, 0.4) is 0 Å². The van der Waals surface area contributed by atoms with Crippen molar-refractivity contribution < 1.29 is 14.0 Å². The van der Waals surface area contributed by atoms with Crippen LogP contribution >= 0.6 is 0 Å². The van der Waals surface area contributed by atoms with Gasteiger partial charge >= 0.3 is 0 Å². The molecule has 0 spiro atoms. The van der Waals surface area contributed by atoms with Crippen LogP contribution in [0.4, 0.5) is 10.1 Å². The minimum atomic E-state index is -0.549. The lowest BCUT2D eigenvalue weighted by Gasteiger charge is -2.23. The summed E-state index contributed by atoms with van der Waals surface area (Å²) in [7, 11) is 0. The molecule has 0 fully saturated rings. The normalized spacial score (nSPS) is 15.1. The molecule has 146 valence electrons. The van der Waals surface area contributed by atoms with Gasteiger partial charge in [-0.05, 0) is 54.8 Å². The van der Waals surface area contributed by atoms with Crippen molar-refractivity contribution in [2.24, 2.45) is 0 Å². The van der Waals surface area contributed by atoms with Crippen LogP contribution in [-0.4, -0.2) is 17.9 Å². The van der Waals surface area contributed by atoms with Crippen molar-refractivity contribution in [3.05, 3.63) is 101 Å². The van der Waals surface area contributed by atoms with E-state index in [1.807, 2.05) is 60.4 Å². The van der Waals surface area contributed by atoms with Gasteiger partial charge in [-0.25, -0.2) is 4.39 Å². The van der Waals surface area contributed by atoms with Gasteiger partial charge in [0.15, 0.2) is 0 Å². The number of rotatable bonds is 4. The van der Waals surface area contributed by atoms with E-state index in [-0.39, 0.29) is 24.1 Å². The second kappa shape index (κ2) is 7.87. The molecule has 0 unspecified atom stereocenters. The molecule has 1 heterocycles. The molecular weight excluding hydrogens is 367 g/mol. The number of fused-ring (bicyclic) bond motifs is 1. The number of benzene rings is 3. The van der Waals surface area contributed by atoms with E-state index in [2.05, 4.69) is 5.32 Å². The smallest absolute Gasteiger partial charge is 0.258 e. The third-order valence-electron chi connectivity index (χ3n) is 5.18. The second-order valence-corrected chi connectivity index (χ2v) is 7.22. The average molecular weight is 388 g/mol. The molecule has 0 bridgehead atoms. The van der Waals surface area contributed by atoms with Gasteiger partial charge < -0.3 is 10.2 Å². The monoisotopic (exact) mass is 388 g/mol. The topological polar surface area (TPSA) is 49.4 Å². The number of carbonyl (C=O) groups is 2.